The lowest BCUT2D eigenvalue weighted by atomic mass is 9.59. The van der Waals surface area contributed by atoms with Gasteiger partial charge in [0, 0.05) is 43.3 Å². The Kier molecular flexibility index (Phi) is 11.9. The second-order valence-corrected chi connectivity index (χ2v) is 17.8. The van der Waals surface area contributed by atoms with Crippen LogP contribution in [0.2, 0.25) is 20.1 Å². The van der Waals surface area contributed by atoms with E-state index in [0.29, 0.717) is 54.0 Å². The van der Waals surface area contributed by atoms with Gasteiger partial charge in [-0.15, -0.1) is 13.2 Å². The normalized spacial score (nSPS) is 28.8. The van der Waals surface area contributed by atoms with Gasteiger partial charge in [0.1, 0.15) is 0 Å². The lowest BCUT2D eigenvalue weighted by Crippen LogP contribution is -2.48. The predicted octanol–water partition coefficient (Wildman–Crippen LogP) is 11.1. The summed E-state index contributed by atoms with van der Waals surface area (Å²) in [5, 5.41) is 23.0. The molecule has 4 aromatic carbocycles. The number of hydrogen-bond acceptors (Lipinski definition) is 8. The molecule has 0 radical (unpaired) electrons. The number of ether oxygens (including phenoxy) is 2. The Labute approximate surface area is 378 Å². The first kappa shape index (κ1) is 44.8. The first-order valence-corrected chi connectivity index (χ1v) is 21.1. The number of hydrogen-bond donors (Lipinski definition) is 2. The molecule has 0 bridgehead atoms. The van der Waals surface area contributed by atoms with Gasteiger partial charge >= 0.3 is 23.9 Å². The van der Waals surface area contributed by atoms with E-state index < -0.39 is 69.2 Å². The Bertz CT molecular complexity index is 2430. The van der Waals surface area contributed by atoms with Gasteiger partial charge in [-0.3, -0.25) is 29.2 Å². The molecule has 10 nitrogen and oxygen atoms in total. The van der Waals surface area contributed by atoms with Crippen molar-refractivity contribution in [2.24, 2.45) is 32.7 Å². The zero-order chi connectivity index (χ0) is 45.1. The predicted molar refractivity (Wildman–Crippen MR) is 241 cm³/mol. The smallest absolute Gasteiger partial charge is 0.323 e. The molecule has 14 heteroatoms. The minimum Gasteiger partial charge on any atom is -0.480 e. The topological polar surface area (TPSA) is 152 Å². The number of methoxy groups -OCH3 is 2. The van der Waals surface area contributed by atoms with Crippen LogP contribution in [0, 0.1) is 22.7 Å². The van der Waals surface area contributed by atoms with Crippen molar-refractivity contribution in [3.63, 3.8) is 0 Å². The summed E-state index contributed by atoms with van der Waals surface area (Å²) in [5.41, 5.74) is 0.173. The van der Waals surface area contributed by atoms with Gasteiger partial charge in [0.2, 0.25) is 0 Å². The molecule has 4 aliphatic rings. The van der Waals surface area contributed by atoms with Crippen LogP contribution in [0.5, 0.6) is 0 Å². The molecule has 2 saturated carbocycles. The monoisotopic (exact) mass is 914 g/mol. The number of allylic oxidation sites excluding steroid dienone is 2. The summed E-state index contributed by atoms with van der Waals surface area (Å²) in [5.74, 6) is -6.50. The second kappa shape index (κ2) is 16.5. The van der Waals surface area contributed by atoms with Gasteiger partial charge < -0.3 is 19.7 Å². The lowest BCUT2D eigenvalue weighted by molar-refractivity contribution is -0.170. The first-order valence-electron chi connectivity index (χ1n) is 19.6. The molecule has 2 aliphatic heterocycles. The number of carbonyl (C=O) groups is 4. The van der Waals surface area contributed by atoms with Crippen LogP contribution in [0.15, 0.2) is 120 Å². The van der Waals surface area contributed by atoms with Crippen molar-refractivity contribution in [2.45, 2.75) is 49.4 Å². The minimum atomic E-state index is -1.85. The number of carboxylic acids is 2. The van der Waals surface area contributed by atoms with Gasteiger partial charge in [-0.25, -0.2) is 0 Å². The van der Waals surface area contributed by atoms with Crippen molar-refractivity contribution < 1.29 is 38.9 Å². The summed E-state index contributed by atoms with van der Waals surface area (Å²) in [6.45, 7) is 11.7. The zero-order valence-corrected chi connectivity index (χ0v) is 37.1. The summed E-state index contributed by atoms with van der Waals surface area (Å²) in [7, 11) is 2.42. The molecule has 2 N–H and O–H groups in total. The quantitative estimate of drug-likeness (QED) is 0.101. The average Bonchev–Trinajstić information content (AvgIpc) is 3.94. The molecule has 2 spiro atoms. The van der Waals surface area contributed by atoms with Crippen molar-refractivity contribution in [1.82, 2.24) is 0 Å². The molecule has 2 fully saturated rings. The van der Waals surface area contributed by atoms with Gasteiger partial charge in [0.25, 0.3) is 0 Å². The second-order valence-electron chi connectivity index (χ2n) is 16.1. The molecule has 2 aliphatic carbocycles. The number of aliphatic imine (C=N–C) groups is 2. The summed E-state index contributed by atoms with van der Waals surface area (Å²) in [6.07, 6.45) is 3.46. The van der Waals surface area contributed by atoms with Gasteiger partial charge in [-0.2, -0.15) is 0 Å². The molecular formula is C48H42Cl4N2O8. The number of benzene rings is 4. The fraction of sp³-hybridized carbons (Fsp3) is 0.292. The number of esters is 2. The fourth-order valence-electron chi connectivity index (χ4n) is 11.2. The highest BCUT2D eigenvalue weighted by Gasteiger charge is 2.73. The van der Waals surface area contributed by atoms with Crippen molar-refractivity contribution in [1.29, 1.82) is 0 Å². The molecule has 62 heavy (non-hydrogen) atoms. The van der Waals surface area contributed by atoms with Crippen molar-refractivity contribution in [3.8, 4) is 0 Å². The summed E-state index contributed by atoms with van der Waals surface area (Å²) >= 11 is 24.9. The van der Waals surface area contributed by atoms with Gasteiger partial charge in [-0.05, 0) is 121 Å². The number of carbonyl (C=O) groups excluding carboxylic acids is 2. The van der Waals surface area contributed by atoms with Crippen LogP contribution in [0.4, 0.5) is 11.4 Å². The third kappa shape index (κ3) is 6.27. The molecule has 320 valence electrons. The van der Waals surface area contributed by atoms with E-state index in [1.807, 2.05) is 38.1 Å². The van der Waals surface area contributed by atoms with Crippen LogP contribution in [0.3, 0.4) is 0 Å². The summed E-state index contributed by atoms with van der Waals surface area (Å²) < 4.78 is 10.1. The SMILES string of the molecule is C=C[C@H]1C[C@@](C(=O)O)(C(=O)OC)[C@@H](c2ccc(Cl)cc2)[C@]12C(C)=Nc1ccc(Cl)cc12.C=C[C@H]1C[C@@](C(=O)O)(C(=O)OC)[C@@H](c2ccc(Cl)cc2)[C@]12C(C)=Nc1ccc(Cl)cc12. The number of rotatable bonds is 8. The number of fused-ring (bicyclic) bond motifs is 4. The van der Waals surface area contributed by atoms with E-state index >= 15 is 0 Å². The first-order chi connectivity index (χ1) is 29.5. The van der Waals surface area contributed by atoms with Crippen LogP contribution in [0.1, 0.15) is 60.8 Å². The Morgan fingerprint density at radius 1 is 0.597 bits per heavy atom. The van der Waals surface area contributed by atoms with E-state index in [0.717, 1.165) is 11.1 Å². The third-order valence-electron chi connectivity index (χ3n) is 13.6. The van der Waals surface area contributed by atoms with Crippen LogP contribution in [-0.4, -0.2) is 59.7 Å². The minimum absolute atomic E-state index is 0.0185. The number of nitrogens with zero attached hydrogens (tertiary/aromatic N) is 2. The zero-order valence-electron chi connectivity index (χ0n) is 34.1. The van der Waals surface area contributed by atoms with E-state index in [1.54, 1.807) is 72.8 Å². The molecule has 0 aromatic heterocycles. The van der Waals surface area contributed by atoms with Crippen LogP contribution >= 0.6 is 46.4 Å². The fourth-order valence-corrected chi connectivity index (χ4v) is 11.8. The lowest BCUT2D eigenvalue weighted by Gasteiger charge is -2.40. The Morgan fingerprint density at radius 2 is 0.919 bits per heavy atom. The summed E-state index contributed by atoms with van der Waals surface area (Å²) in [6, 6.07) is 24.5. The Balaban J connectivity index is 0.000000186. The highest BCUT2D eigenvalue weighted by molar-refractivity contribution is 6.32. The highest BCUT2D eigenvalue weighted by atomic mass is 35.5. The maximum Gasteiger partial charge on any atom is 0.323 e. The van der Waals surface area contributed by atoms with Gasteiger partial charge in [0.05, 0.1) is 36.4 Å². The largest absolute Gasteiger partial charge is 0.480 e. The molecule has 4 aromatic rings. The van der Waals surface area contributed by atoms with Gasteiger partial charge in [0.15, 0.2) is 10.8 Å². The van der Waals surface area contributed by atoms with Crippen molar-refractivity contribution in [2.75, 3.05) is 14.2 Å². The number of carboxylic acid groups (broad SMARTS) is 2. The maximum absolute atomic E-state index is 13.2. The van der Waals surface area contributed by atoms with Gasteiger partial charge in [-0.1, -0.05) is 82.8 Å². The molecule has 8 rings (SSSR count). The third-order valence-corrected chi connectivity index (χ3v) is 14.5. The van der Waals surface area contributed by atoms with E-state index in [9.17, 15) is 29.4 Å². The molecule has 2 heterocycles. The Morgan fingerprint density at radius 3 is 1.21 bits per heavy atom. The molecule has 0 saturated heterocycles. The molecular weight excluding hydrogens is 874 g/mol. The van der Waals surface area contributed by atoms with E-state index in [4.69, 9.17) is 65.9 Å². The summed E-state index contributed by atoms with van der Waals surface area (Å²) in [4.78, 5) is 61.6. The molecule has 0 unspecified atom stereocenters. The highest BCUT2D eigenvalue weighted by Crippen LogP contribution is 2.69. The van der Waals surface area contributed by atoms with Crippen LogP contribution in [0.25, 0.3) is 0 Å². The van der Waals surface area contributed by atoms with Crippen molar-refractivity contribution >= 4 is 93.1 Å². The van der Waals surface area contributed by atoms with E-state index in [-0.39, 0.29) is 12.8 Å². The average molecular weight is 917 g/mol. The van der Waals surface area contributed by atoms with Crippen molar-refractivity contribution in [3.05, 3.63) is 153 Å². The maximum atomic E-state index is 13.2. The Hall–Kier alpha value is -5.26. The number of aliphatic carboxylic acids is 2. The molecule has 0 amide bonds. The van der Waals surface area contributed by atoms with E-state index in [2.05, 4.69) is 13.2 Å². The molecule has 8 atom stereocenters. The number of halogens is 4. The standard InChI is InChI=1S/2C24H21Cl2NO4/c2*1-4-15-12-23(21(28)29,22(30)31-3)20(14-5-7-16(25)8-6-14)24(15)13(2)27-19-10-9-17(26)11-18(19)24/h2*4-11,15,20H,1,12H2,2-3H3,(H,28,29)/t2*15-,20+,23+,24+/m00/s1. The van der Waals surface area contributed by atoms with Crippen LogP contribution in [-0.2, 0) is 39.5 Å². The van der Waals surface area contributed by atoms with E-state index in [1.165, 1.54) is 14.2 Å². The van der Waals surface area contributed by atoms with Crippen LogP contribution < -0.4 is 0 Å².